The Balaban J connectivity index is 2.16. The molecule has 0 aliphatic rings. The maximum absolute atomic E-state index is 12.1. The van der Waals surface area contributed by atoms with E-state index in [1.807, 2.05) is 12.1 Å². The van der Waals surface area contributed by atoms with Crippen LogP contribution in [0.5, 0.6) is 5.88 Å². The second-order valence-corrected chi connectivity index (χ2v) is 5.51. The van der Waals surface area contributed by atoms with Crippen molar-refractivity contribution in [2.45, 2.75) is 10.6 Å². The molecule has 0 bridgehead atoms. The minimum atomic E-state index is -1.16. The molecule has 0 saturated carbocycles. The van der Waals surface area contributed by atoms with Gasteiger partial charge in [-0.1, -0.05) is 23.7 Å². The minimum absolute atomic E-state index is 0.345. The number of hydrogen-bond donors (Lipinski definition) is 0. The Morgan fingerprint density at radius 3 is 2.78 bits per heavy atom. The number of pyridine rings is 1. The summed E-state index contributed by atoms with van der Waals surface area (Å²) >= 11 is 5.87. The van der Waals surface area contributed by atoms with Crippen LogP contribution in [0.3, 0.4) is 0 Å². The zero-order valence-electron chi connectivity index (χ0n) is 9.80. The van der Waals surface area contributed by atoms with E-state index in [2.05, 4.69) is 4.98 Å². The standard InChI is InChI=1S/C13H12ClNO2S/c1-17-13-7-3-5-11(15-13)9-18(16)12-6-2-4-10(14)8-12/h2-8H,9H2,1H3/t18-/m0/s1. The number of ether oxygens (including phenoxy) is 1. The normalized spacial score (nSPS) is 12.1. The van der Waals surface area contributed by atoms with E-state index in [-0.39, 0.29) is 0 Å². The third-order valence-electron chi connectivity index (χ3n) is 2.33. The number of hydrogen-bond acceptors (Lipinski definition) is 3. The maximum Gasteiger partial charge on any atom is 0.213 e. The first-order chi connectivity index (χ1) is 8.69. The van der Waals surface area contributed by atoms with E-state index >= 15 is 0 Å². The zero-order chi connectivity index (χ0) is 13.0. The lowest BCUT2D eigenvalue weighted by Gasteiger charge is -2.04. The fourth-order valence-electron chi connectivity index (χ4n) is 1.48. The first-order valence-electron chi connectivity index (χ1n) is 5.33. The first kappa shape index (κ1) is 13.1. The van der Waals surface area contributed by atoms with Crippen LogP contribution in [0.25, 0.3) is 0 Å². The van der Waals surface area contributed by atoms with E-state index in [1.165, 1.54) is 0 Å². The molecule has 0 aliphatic carbocycles. The Labute approximate surface area is 113 Å². The minimum Gasteiger partial charge on any atom is -0.481 e. The van der Waals surface area contributed by atoms with Gasteiger partial charge in [0.15, 0.2) is 0 Å². The quantitative estimate of drug-likeness (QED) is 0.865. The van der Waals surface area contributed by atoms with Gasteiger partial charge in [0.1, 0.15) is 0 Å². The van der Waals surface area contributed by atoms with Crippen molar-refractivity contribution in [1.82, 2.24) is 4.98 Å². The lowest BCUT2D eigenvalue weighted by Crippen LogP contribution is -1.99. The van der Waals surface area contributed by atoms with Gasteiger partial charge in [-0.3, -0.25) is 4.21 Å². The molecule has 1 heterocycles. The molecule has 18 heavy (non-hydrogen) atoms. The SMILES string of the molecule is COc1cccc(C[S@](=O)c2cccc(Cl)c2)n1. The Bertz CT molecular complexity index is 574. The Hall–Kier alpha value is -1.39. The van der Waals surface area contributed by atoms with Gasteiger partial charge >= 0.3 is 0 Å². The van der Waals surface area contributed by atoms with Crippen molar-refractivity contribution >= 4 is 22.4 Å². The van der Waals surface area contributed by atoms with Crippen molar-refractivity contribution in [3.8, 4) is 5.88 Å². The highest BCUT2D eigenvalue weighted by Crippen LogP contribution is 2.17. The molecule has 2 rings (SSSR count). The molecule has 0 aliphatic heterocycles. The summed E-state index contributed by atoms with van der Waals surface area (Å²) in [6.45, 7) is 0. The molecule has 0 radical (unpaired) electrons. The summed E-state index contributed by atoms with van der Waals surface area (Å²) in [5.74, 6) is 0.868. The molecule has 0 unspecified atom stereocenters. The zero-order valence-corrected chi connectivity index (χ0v) is 11.4. The van der Waals surface area contributed by atoms with Crippen molar-refractivity contribution in [3.63, 3.8) is 0 Å². The largest absolute Gasteiger partial charge is 0.481 e. The fourth-order valence-corrected chi connectivity index (χ4v) is 2.82. The highest BCUT2D eigenvalue weighted by molar-refractivity contribution is 7.84. The van der Waals surface area contributed by atoms with Crippen molar-refractivity contribution in [2.24, 2.45) is 0 Å². The molecule has 1 aromatic heterocycles. The van der Waals surface area contributed by atoms with E-state index in [0.717, 1.165) is 5.69 Å². The molecule has 1 aromatic carbocycles. The molecule has 0 fully saturated rings. The van der Waals surface area contributed by atoms with Gasteiger partial charge in [0.05, 0.1) is 29.4 Å². The average Bonchev–Trinajstić information content (AvgIpc) is 2.39. The summed E-state index contributed by atoms with van der Waals surface area (Å²) < 4.78 is 17.2. The summed E-state index contributed by atoms with van der Waals surface area (Å²) in [6.07, 6.45) is 0. The van der Waals surface area contributed by atoms with Crippen LogP contribution in [-0.2, 0) is 16.6 Å². The maximum atomic E-state index is 12.1. The van der Waals surface area contributed by atoms with Gasteiger partial charge in [-0.2, -0.15) is 0 Å². The molecule has 0 saturated heterocycles. The molecular weight excluding hydrogens is 270 g/mol. The van der Waals surface area contributed by atoms with Crippen LogP contribution in [0.15, 0.2) is 47.4 Å². The number of halogens is 1. The number of nitrogens with zero attached hydrogens (tertiary/aromatic N) is 1. The second kappa shape index (κ2) is 5.98. The Kier molecular flexibility index (Phi) is 4.33. The molecule has 0 spiro atoms. The van der Waals surface area contributed by atoms with Crippen LogP contribution in [0.4, 0.5) is 0 Å². The first-order valence-corrected chi connectivity index (χ1v) is 7.02. The molecule has 0 amide bonds. The third-order valence-corrected chi connectivity index (χ3v) is 3.90. The fraction of sp³-hybridized carbons (Fsp3) is 0.154. The van der Waals surface area contributed by atoms with E-state index in [9.17, 15) is 4.21 Å². The molecule has 94 valence electrons. The lowest BCUT2D eigenvalue weighted by molar-refractivity contribution is 0.397. The van der Waals surface area contributed by atoms with Gasteiger partial charge in [-0.15, -0.1) is 0 Å². The van der Waals surface area contributed by atoms with Crippen molar-refractivity contribution in [3.05, 3.63) is 53.2 Å². The summed E-state index contributed by atoms with van der Waals surface area (Å²) in [4.78, 5) is 4.93. The predicted molar refractivity (Wildman–Crippen MR) is 72.4 cm³/mol. The smallest absolute Gasteiger partial charge is 0.213 e. The van der Waals surface area contributed by atoms with Crippen LogP contribution in [-0.4, -0.2) is 16.3 Å². The molecular formula is C13H12ClNO2S. The van der Waals surface area contributed by atoms with Crippen LogP contribution in [0.2, 0.25) is 5.02 Å². The Morgan fingerprint density at radius 1 is 1.28 bits per heavy atom. The monoisotopic (exact) mass is 281 g/mol. The lowest BCUT2D eigenvalue weighted by atomic mass is 10.4. The van der Waals surface area contributed by atoms with Gasteiger partial charge < -0.3 is 4.74 Å². The van der Waals surface area contributed by atoms with Crippen molar-refractivity contribution in [1.29, 1.82) is 0 Å². The van der Waals surface area contributed by atoms with Crippen LogP contribution >= 0.6 is 11.6 Å². The number of aromatic nitrogens is 1. The average molecular weight is 282 g/mol. The second-order valence-electron chi connectivity index (χ2n) is 3.62. The number of benzene rings is 1. The van der Waals surface area contributed by atoms with E-state index in [1.54, 1.807) is 37.4 Å². The van der Waals surface area contributed by atoms with Crippen LogP contribution < -0.4 is 4.74 Å². The van der Waals surface area contributed by atoms with Gasteiger partial charge in [-0.05, 0) is 24.3 Å². The summed E-state index contributed by atoms with van der Waals surface area (Å²) in [5, 5.41) is 0.583. The van der Waals surface area contributed by atoms with Gasteiger partial charge in [0.2, 0.25) is 5.88 Å². The van der Waals surface area contributed by atoms with Crippen molar-refractivity contribution in [2.75, 3.05) is 7.11 Å². The van der Waals surface area contributed by atoms with Gasteiger partial charge in [0, 0.05) is 16.0 Å². The van der Waals surface area contributed by atoms with E-state index < -0.39 is 10.8 Å². The summed E-state index contributed by atoms with van der Waals surface area (Å²) in [6, 6.07) is 12.5. The topological polar surface area (TPSA) is 39.2 Å². The van der Waals surface area contributed by atoms with Crippen molar-refractivity contribution < 1.29 is 8.95 Å². The van der Waals surface area contributed by atoms with Gasteiger partial charge in [-0.25, -0.2) is 4.98 Å². The van der Waals surface area contributed by atoms with Crippen LogP contribution in [0, 0.1) is 0 Å². The molecule has 1 atom stereocenters. The van der Waals surface area contributed by atoms with E-state index in [0.29, 0.717) is 21.6 Å². The highest BCUT2D eigenvalue weighted by Gasteiger charge is 2.07. The summed E-state index contributed by atoms with van der Waals surface area (Å²) in [7, 11) is 0.398. The molecule has 0 N–H and O–H groups in total. The molecule has 5 heteroatoms. The van der Waals surface area contributed by atoms with Gasteiger partial charge in [0.25, 0.3) is 0 Å². The third kappa shape index (κ3) is 3.31. The number of methoxy groups -OCH3 is 1. The Morgan fingerprint density at radius 2 is 2.06 bits per heavy atom. The summed E-state index contributed by atoms with van der Waals surface area (Å²) in [5.41, 5.74) is 0.729. The van der Waals surface area contributed by atoms with E-state index in [4.69, 9.17) is 16.3 Å². The molecule has 3 nitrogen and oxygen atoms in total. The number of rotatable bonds is 4. The predicted octanol–water partition coefficient (Wildman–Crippen LogP) is 3.05. The van der Waals surface area contributed by atoms with Crippen LogP contribution in [0.1, 0.15) is 5.69 Å². The molecule has 2 aromatic rings. The highest BCUT2D eigenvalue weighted by atomic mass is 35.5.